The van der Waals surface area contributed by atoms with Crippen LogP contribution in [0.15, 0.2) is 12.1 Å². The van der Waals surface area contributed by atoms with Crippen LogP contribution in [0.1, 0.15) is 0 Å². The Balaban J connectivity index is 3.25. The molecule has 0 bridgehead atoms. The first-order chi connectivity index (χ1) is 4.22. The molecule has 1 aromatic rings. The van der Waals surface area contributed by atoms with Crippen LogP contribution in [0.4, 0.5) is 5.69 Å². The maximum absolute atomic E-state index is 8.78. The van der Waals surface area contributed by atoms with Crippen LogP contribution in [0.25, 0.3) is 0 Å². The van der Waals surface area contributed by atoms with Crippen LogP contribution in [0.5, 0.6) is 11.5 Å². The number of phenolic OH excluding ortho intramolecular Hbond substituents is 2. The second-order valence-electron chi connectivity index (χ2n) is 1.64. The quantitative estimate of drug-likeness (QED) is 0.348. The molecule has 3 nitrogen and oxygen atoms in total. The highest BCUT2D eigenvalue weighted by atomic mass is 16.3. The molecule has 0 fully saturated rings. The van der Waals surface area contributed by atoms with E-state index in [0.29, 0.717) is 0 Å². The van der Waals surface area contributed by atoms with Crippen molar-refractivity contribution in [2.75, 3.05) is 5.73 Å². The highest BCUT2D eigenvalue weighted by Gasteiger charge is 1.98. The zero-order valence-corrected chi connectivity index (χ0v) is 4.63. The molecule has 0 aromatic heterocycles. The minimum atomic E-state index is -0.144. The summed E-state index contributed by atoms with van der Waals surface area (Å²) in [6.07, 6.45) is 0. The number of hydrogen-bond acceptors (Lipinski definition) is 3. The molecule has 1 radical (unpaired) electrons. The molecule has 0 aliphatic carbocycles. The van der Waals surface area contributed by atoms with Crippen molar-refractivity contribution in [3.8, 4) is 11.5 Å². The van der Waals surface area contributed by atoms with Crippen LogP contribution < -0.4 is 5.73 Å². The fraction of sp³-hybridized carbons (Fsp3) is 0. The van der Waals surface area contributed by atoms with Gasteiger partial charge in [0.2, 0.25) is 0 Å². The van der Waals surface area contributed by atoms with Crippen LogP contribution in [-0.4, -0.2) is 10.2 Å². The molecule has 0 unspecified atom stereocenters. The standard InChI is InChI=1S/C6H6NO2/c7-6-4(8)2-1-3-5(6)9/h2-3,8-9H,7H2. The molecule has 0 saturated heterocycles. The molecule has 0 spiro atoms. The minimum absolute atomic E-state index is 0.00579. The van der Waals surface area contributed by atoms with Crippen molar-refractivity contribution in [2.45, 2.75) is 0 Å². The molecule has 3 heteroatoms. The summed E-state index contributed by atoms with van der Waals surface area (Å²) in [5, 5.41) is 17.6. The second-order valence-corrected chi connectivity index (χ2v) is 1.64. The van der Waals surface area contributed by atoms with E-state index in [2.05, 4.69) is 6.07 Å². The number of anilines is 1. The average molecular weight is 124 g/mol. The maximum atomic E-state index is 8.78. The van der Waals surface area contributed by atoms with E-state index < -0.39 is 0 Å². The van der Waals surface area contributed by atoms with Gasteiger partial charge in [-0.15, -0.1) is 0 Å². The number of aromatic hydroxyl groups is 2. The Labute approximate surface area is 52.4 Å². The van der Waals surface area contributed by atoms with Crippen molar-refractivity contribution >= 4 is 5.69 Å². The van der Waals surface area contributed by atoms with E-state index in [1.807, 2.05) is 0 Å². The van der Waals surface area contributed by atoms with Crippen LogP contribution in [0.3, 0.4) is 0 Å². The second kappa shape index (κ2) is 1.85. The molecule has 9 heavy (non-hydrogen) atoms. The van der Waals surface area contributed by atoms with Crippen molar-refractivity contribution in [2.24, 2.45) is 0 Å². The Morgan fingerprint density at radius 1 is 1.22 bits per heavy atom. The zero-order valence-electron chi connectivity index (χ0n) is 4.63. The Hall–Kier alpha value is -1.38. The summed E-state index contributed by atoms with van der Waals surface area (Å²) in [6.45, 7) is 0. The molecule has 1 aromatic carbocycles. The van der Waals surface area contributed by atoms with Gasteiger partial charge in [0.05, 0.1) is 0 Å². The molecule has 0 atom stereocenters. The number of phenols is 2. The highest BCUT2D eigenvalue weighted by Crippen LogP contribution is 2.27. The van der Waals surface area contributed by atoms with Crippen LogP contribution in [0.2, 0.25) is 0 Å². The molecule has 0 aliphatic rings. The largest absolute Gasteiger partial charge is 0.506 e. The van der Waals surface area contributed by atoms with Gasteiger partial charge in [0, 0.05) is 0 Å². The van der Waals surface area contributed by atoms with Gasteiger partial charge in [0.1, 0.15) is 17.2 Å². The third-order valence-electron chi connectivity index (χ3n) is 0.992. The molecule has 4 N–H and O–H groups in total. The topological polar surface area (TPSA) is 66.5 Å². The lowest BCUT2D eigenvalue weighted by molar-refractivity contribution is 0.455. The van der Waals surface area contributed by atoms with Crippen molar-refractivity contribution < 1.29 is 10.2 Å². The first-order valence-corrected chi connectivity index (χ1v) is 2.39. The summed E-state index contributed by atoms with van der Waals surface area (Å²) in [5.74, 6) is -0.287. The highest BCUT2D eigenvalue weighted by molar-refractivity contribution is 5.60. The average Bonchev–Trinajstić information content (AvgIpc) is 1.83. The van der Waals surface area contributed by atoms with Crippen molar-refractivity contribution in [1.82, 2.24) is 0 Å². The summed E-state index contributed by atoms with van der Waals surface area (Å²) in [5.41, 5.74) is 5.16. The molecule has 0 heterocycles. The van der Waals surface area contributed by atoms with E-state index in [0.717, 1.165) is 0 Å². The monoisotopic (exact) mass is 124 g/mol. The number of nitrogen functional groups attached to an aromatic ring is 1. The minimum Gasteiger partial charge on any atom is -0.506 e. The molecule has 0 aliphatic heterocycles. The smallest absolute Gasteiger partial charge is 0.142 e. The summed E-state index contributed by atoms with van der Waals surface area (Å²) >= 11 is 0. The summed E-state index contributed by atoms with van der Waals surface area (Å²) in [4.78, 5) is 0. The van der Waals surface area contributed by atoms with Gasteiger partial charge in [-0.25, -0.2) is 0 Å². The van der Waals surface area contributed by atoms with Gasteiger partial charge in [-0.3, -0.25) is 0 Å². The van der Waals surface area contributed by atoms with E-state index in [9.17, 15) is 0 Å². The van der Waals surface area contributed by atoms with Gasteiger partial charge in [0.25, 0.3) is 0 Å². The molecular weight excluding hydrogens is 118 g/mol. The predicted octanol–water partition coefficient (Wildman–Crippen LogP) is 0.480. The Bertz CT molecular complexity index is 202. The Morgan fingerprint density at radius 2 is 1.67 bits per heavy atom. The first kappa shape index (κ1) is 5.75. The van der Waals surface area contributed by atoms with Crippen molar-refractivity contribution in [3.63, 3.8) is 0 Å². The van der Waals surface area contributed by atoms with Gasteiger partial charge in [0.15, 0.2) is 0 Å². The van der Waals surface area contributed by atoms with E-state index in [4.69, 9.17) is 15.9 Å². The summed E-state index contributed by atoms with van der Waals surface area (Å²) in [7, 11) is 0. The number of rotatable bonds is 0. The SMILES string of the molecule is Nc1c(O)c[c]cc1O. The fourth-order valence-corrected chi connectivity index (χ4v) is 0.486. The lowest BCUT2D eigenvalue weighted by atomic mass is 10.3. The lowest BCUT2D eigenvalue weighted by Gasteiger charge is -1.97. The van der Waals surface area contributed by atoms with Crippen LogP contribution in [-0.2, 0) is 0 Å². The number of nitrogens with two attached hydrogens (primary N) is 1. The normalized spacial score (nSPS) is 9.33. The molecule has 47 valence electrons. The lowest BCUT2D eigenvalue weighted by Crippen LogP contribution is -1.84. The zero-order chi connectivity index (χ0) is 6.85. The van der Waals surface area contributed by atoms with E-state index in [1.165, 1.54) is 12.1 Å². The van der Waals surface area contributed by atoms with E-state index in [1.54, 1.807) is 0 Å². The maximum Gasteiger partial charge on any atom is 0.142 e. The Kier molecular flexibility index (Phi) is 1.18. The van der Waals surface area contributed by atoms with Gasteiger partial charge in [-0.05, 0) is 18.2 Å². The van der Waals surface area contributed by atoms with Crippen molar-refractivity contribution in [1.29, 1.82) is 0 Å². The molecule has 0 saturated carbocycles. The van der Waals surface area contributed by atoms with Gasteiger partial charge in [-0.2, -0.15) is 0 Å². The van der Waals surface area contributed by atoms with Gasteiger partial charge >= 0.3 is 0 Å². The van der Waals surface area contributed by atoms with Crippen LogP contribution >= 0.6 is 0 Å². The third-order valence-corrected chi connectivity index (χ3v) is 0.992. The molecule has 0 amide bonds. The van der Waals surface area contributed by atoms with Crippen molar-refractivity contribution in [3.05, 3.63) is 18.2 Å². The van der Waals surface area contributed by atoms with E-state index in [-0.39, 0.29) is 17.2 Å². The first-order valence-electron chi connectivity index (χ1n) is 2.39. The fourth-order valence-electron chi connectivity index (χ4n) is 0.486. The van der Waals surface area contributed by atoms with Gasteiger partial charge in [-0.1, -0.05) is 0 Å². The third kappa shape index (κ3) is 0.887. The summed E-state index contributed by atoms with van der Waals surface area (Å²) < 4.78 is 0. The van der Waals surface area contributed by atoms with Gasteiger partial charge < -0.3 is 15.9 Å². The van der Waals surface area contributed by atoms with Crippen LogP contribution in [0, 0.1) is 6.07 Å². The Morgan fingerprint density at radius 3 is 2.00 bits per heavy atom. The summed E-state index contributed by atoms with van der Waals surface area (Å²) in [6, 6.07) is 5.06. The van der Waals surface area contributed by atoms with E-state index >= 15 is 0 Å². The molecule has 1 rings (SSSR count). The predicted molar refractivity (Wildman–Crippen MR) is 33.0 cm³/mol. The number of hydrogen-bond donors (Lipinski definition) is 3. The molecular formula is C6H6NO2. The number of benzene rings is 1.